The predicted molar refractivity (Wildman–Crippen MR) is 84.7 cm³/mol. The monoisotopic (exact) mass is 326 g/mol. The first-order chi connectivity index (χ1) is 10.3. The zero-order valence-corrected chi connectivity index (χ0v) is 13.6. The van der Waals surface area contributed by atoms with Crippen molar-refractivity contribution in [2.45, 2.75) is 44.0 Å². The third kappa shape index (κ3) is 4.45. The number of hydrogen-bond acceptors (Lipinski definition) is 4. The third-order valence-electron chi connectivity index (χ3n) is 3.47. The van der Waals surface area contributed by atoms with E-state index in [1.54, 1.807) is 0 Å². The number of benzene rings is 1. The maximum atomic E-state index is 12.1. The van der Waals surface area contributed by atoms with Gasteiger partial charge in [0.1, 0.15) is 0 Å². The van der Waals surface area contributed by atoms with E-state index in [0.717, 1.165) is 19.3 Å². The van der Waals surface area contributed by atoms with Gasteiger partial charge in [0.15, 0.2) is 0 Å². The van der Waals surface area contributed by atoms with Gasteiger partial charge in [-0.05, 0) is 43.4 Å². The van der Waals surface area contributed by atoms with Gasteiger partial charge in [0.05, 0.1) is 10.5 Å². The van der Waals surface area contributed by atoms with E-state index in [2.05, 4.69) is 23.9 Å². The Balaban J connectivity index is 2.20. The second kappa shape index (κ2) is 6.66. The van der Waals surface area contributed by atoms with E-state index in [-0.39, 0.29) is 16.5 Å². The maximum Gasteiger partial charge on any atom is 0.337 e. The molecule has 1 saturated carbocycles. The summed E-state index contributed by atoms with van der Waals surface area (Å²) in [6.07, 6.45) is 2.57. The van der Waals surface area contributed by atoms with Gasteiger partial charge in [-0.1, -0.05) is 13.8 Å². The highest BCUT2D eigenvalue weighted by Crippen LogP contribution is 2.25. The summed E-state index contributed by atoms with van der Waals surface area (Å²) in [6, 6.07) is 4.16. The fraction of sp³-hybridized carbons (Fsp3) is 0.533. The first-order valence-corrected chi connectivity index (χ1v) is 8.91. The number of carbonyl (C=O) groups is 1. The summed E-state index contributed by atoms with van der Waals surface area (Å²) < 4.78 is 26.8. The molecule has 0 aromatic heterocycles. The van der Waals surface area contributed by atoms with Gasteiger partial charge in [-0.15, -0.1) is 0 Å². The summed E-state index contributed by atoms with van der Waals surface area (Å²) in [6.45, 7) is 4.81. The first kappa shape index (κ1) is 16.8. The van der Waals surface area contributed by atoms with Crippen LogP contribution < -0.4 is 10.0 Å². The largest absolute Gasteiger partial charge is 0.478 e. The normalized spacial score (nSPS) is 15.0. The topological polar surface area (TPSA) is 95.5 Å². The number of carboxylic acids is 1. The van der Waals surface area contributed by atoms with Gasteiger partial charge >= 0.3 is 5.97 Å². The number of nitrogens with one attached hydrogen (secondary N) is 2. The fourth-order valence-corrected chi connectivity index (χ4v) is 3.34. The van der Waals surface area contributed by atoms with Gasteiger partial charge in [0.2, 0.25) is 10.0 Å². The second-order valence-corrected chi connectivity index (χ2v) is 7.73. The summed E-state index contributed by atoms with van der Waals surface area (Å²) >= 11 is 0. The molecule has 0 bridgehead atoms. The van der Waals surface area contributed by atoms with Gasteiger partial charge in [0, 0.05) is 18.3 Å². The molecule has 22 heavy (non-hydrogen) atoms. The van der Waals surface area contributed by atoms with Gasteiger partial charge in [0.25, 0.3) is 0 Å². The zero-order valence-electron chi connectivity index (χ0n) is 12.8. The number of anilines is 1. The van der Waals surface area contributed by atoms with Crippen LogP contribution in [0.1, 0.15) is 43.5 Å². The molecule has 0 aliphatic heterocycles. The summed E-state index contributed by atoms with van der Waals surface area (Å²) in [5, 5.41) is 12.4. The predicted octanol–water partition coefficient (Wildman–Crippen LogP) is 2.28. The van der Waals surface area contributed by atoms with Crippen LogP contribution in [0.4, 0.5) is 5.69 Å². The molecule has 0 amide bonds. The molecule has 0 spiro atoms. The Bertz CT molecular complexity index is 652. The molecule has 0 saturated heterocycles. The molecule has 0 unspecified atom stereocenters. The fourth-order valence-electron chi connectivity index (χ4n) is 2.01. The smallest absolute Gasteiger partial charge is 0.337 e. The Morgan fingerprint density at radius 3 is 2.59 bits per heavy atom. The lowest BCUT2D eigenvalue weighted by Gasteiger charge is -2.13. The van der Waals surface area contributed by atoms with Crippen LogP contribution in [0, 0.1) is 5.92 Å². The lowest BCUT2D eigenvalue weighted by Crippen LogP contribution is -2.26. The molecule has 122 valence electrons. The van der Waals surface area contributed by atoms with E-state index in [1.807, 2.05) is 0 Å². The van der Waals surface area contributed by atoms with Crippen LogP contribution >= 0.6 is 0 Å². The first-order valence-electron chi connectivity index (χ1n) is 7.43. The quantitative estimate of drug-likeness (QED) is 0.681. The van der Waals surface area contributed by atoms with Crippen LogP contribution in [0.2, 0.25) is 0 Å². The van der Waals surface area contributed by atoms with E-state index in [0.29, 0.717) is 18.2 Å². The molecular weight excluding hydrogens is 304 g/mol. The third-order valence-corrected chi connectivity index (χ3v) is 4.99. The van der Waals surface area contributed by atoms with Crippen molar-refractivity contribution in [2.75, 3.05) is 11.9 Å². The highest BCUT2D eigenvalue weighted by Gasteiger charge is 2.28. The SMILES string of the molecule is CC(C)CCNc1ccc(S(=O)(=O)NC2CC2)cc1C(=O)O. The average Bonchev–Trinajstić information content (AvgIpc) is 3.21. The van der Waals surface area contributed by atoms with Gasteiger partial charge in [-0.25, -0.2) is 17.9 Å². The van der Waals surface area contributed by atoms with Gasteiger partial charge in [-0.3, -0.25) is 0 Å². The Hall–Kier alpha value is -1.60. The molecule has 6 nitrogen and oxygen atoms in total. The summed E-state index contributed by atoms with van der Waals surface area (Å²) in [7, 11) is -3.64. The standard InChI is InChI=1S/C15H22N2O4S/c1-10(2)7-8-16-14-6-5-12(9-13(14)15(18)19)22(20,21)17-11-3-4-11/h5-6,9-11,16-17H,3-4,7-8H2,1-2H3,(H,18,19). The number of carboxylic acid groups (broad SMARTS) is 1. The van der Waals surface area contributed by atoms with Crippen molar-refractivity contribution in [1.82, 2.24) is 4.72 Å². The second-order valence-electron chi connectivity index (χ2n) is 6.02. The Labute approximate surface area is 131 Å². The lowest BCUT2D eigenvalue weighted by molar-refractivity contribution is 0.0697. The van der Waals surface area contributed by atoms with Crippen molar-refractivity contribution >= 4 is 21.7 Å². The van der Waals surface area contributed by atoms with E-state index in [4.69, 9.17) is 0 Å². The lowest BCUT2D eigenvalue weighted by atomic mass is 10.1. The summed E-state index contributed by atoms with van der Waals surface area (Å²) in [5.74, 6) is -0.640. The molecule has 1 aliphatic rings. The Kier molecular flexibility index (Phi) is 5.08. The van der Waals surface area contributed by atoms with Crippen LogP contribution in [0.3, 0.4) is 0 Å². The van der Waals surface area contributed by atoms with Crippen molar-refractivity contribution in [1.29, 1.82) is 0 Å². The van der Waals surface area contributed by atoms with Crippen LogP contribution in [0.15, 0.2) is 23.1 Å². The molecule has 3 N–H and O–H groups in total. The molecule has 1 aromatic rings. The number of aromatic carboxylic acids is 1. The van der Waals surface area contributed by atoms with Crippen LogP contribution in [0.25, 0.3) is 0 Å². The molecule has 1 aliphatic carbocycles. The van der Waals surface area contributed by atoms with Crippen molar-refractivity contribution in [3.63, 3.8) is 0 Å². The highest BCUT2D eigenvalue weighted by atomic mass is 32.2. The van der Waals surface area contributed by atoms with Crippen molar-refractivity contribution in [2.24, 2.45) is 5.92 Å². The van der Waals surface area contributed by atoms with Crippen molar-refractivity contribution in [3.05, 3.63) is 23.8 Å². The molecule has 1 aromatic carbocycles. The van der Waals surface area contributed by atoms with E-state index in [1.165, 1.54) is 18.2 Å². The number of sulfonamides is 1. The maximum absolute atomic E-state index is 12.1. The van der Waals surface area contributed by atoms with Crippen LogP contribution in [-0.4, -0.2) is 32.1 Å². The summed E-state index contributed by atoms with van der Waals surface area (Å²) in [5.41, 5.74) is 0.418. The van der Waals surface area contributed by atoms with Crippen molar-refractivity contribution < 1.29 is 18.3 Å². The van der Waals surface area contributed by atoms with Crippen LogP contribution in [0.5, 0.6) is 0 Å². The highest BCUT2D eigenvalue weighted by molar-refractivity contribution is 7.89. The van der Waals surface area contributed by atoms with Crippen molar-refractivity contribution in [3.8, 4) is 0 Å². The molecule has 7 heteroatoms. The minimum Gasteiger partial charge on any atom is -0.478 e. The molecule has 0 heterocycles. The minimum absolute atomic E-state index is 0.00814. The van der Waals surface area contributed by atoms with E-state index >= 15 is 0 Å². The molecule has 0 atom stereocenters. The molecule has 1 fully saturated rings. The Morgan fingerprint density at radius 2 is 2.05 bits per heavy atom. The van der Waals surface area contributed by atoms with Gasteiger partial charge in [-0.2, -0.15) is 0 Å². The molecule has 0 radical (unpaired) electrons. The number of hydrogen-bond donors (Lipinski definition) is 3. The zero-order chi connectivity index (χ0) is 16.3. The molecule has 2 rings (SSSR count). The summed E-state index contributed by atoms with van der Waals surface area (Å²) in [4.78, 5) is 11.4. The van der Waals surface area contributed by atoms with Crippen LogP contribution in [-0.2, 0) is 10.0 Å². The number of rotatable bonds is 8. The average molecular weight is 326 g/mol. The van der Waals surface area contributed by atoms with E-state index < -0.39 is 16.0 Å². The van der Waals surface area contributed by atoms with E-state index in [9.17, 15) is 18.3 Å². The van der Waals surface area contributed by atoms with Gasteiger partial charge < -0.3 is 10.4 Å². The molecular formula is C15H22N2O4S. The minimum atomic E-state index is -3.64. The Morgan fingerprint density at radius 1 is 1.36 bits per heavy atom.